The number of amides is 1. The maximum atomic E-state index is 12.3. The second kappa shape index (κ2) is 4.94. The van der Waals surface area contributed by atoms with Crippen molar-refractivity contribution in [2.75, 3.05) is 5.73 Å². The number of halogens is 1. The molecule has 20 heavy (non-hydrogen) atoms. The van der Waals surface area contributed by atoms with Crippen molar-refractivity contribution in [3.63, 3.8) is 0 Å². The number of rotatable bonds is 2. The highest BCUT2D eigenvalue weighted by molar-refractivity contribution is 6.31. The van der Waals surface area contributed by atoms with Gasteiger partial charge < -0.3 is 11.1 Å². The summed E-state index contributed by atoms with van der Waals surface area (Å²) >= 11 is 5.88. The van der Waals surface area contributed by atoms with Gasteiger partial charge in [0, 0.05) is 11.7 Å². The molecule has 0 saturated carbocycles. The number of nitrogens with two attached hydrogens (primary N) is 1. The zero-order valence-electron chi connectivity index (χ0n) is 11.9. The number of fused-ring (bicyclic) bond motifs is 1. The first-order chi connectivity index (χ1) is 9.19. The summed E-state index contributed by atoms with van der Waals surface area (Å²) in [4.78, 5) is 20.6. The molecule has 1 unspecified atom stereocenters. The number of imidazole rings is 1. The lowest BCUT2D eigenvalue weighted by molar-refractivity contribution is -0.125. The SMILES string of the molecule is CC(C(=O)NC(C)(C)C)n1c(N)nc2cc(Cl)cnc21. The molecule has 6 nitrogen and oxygen atoms in total. The molecule has 0 aromatic carbocycles. The van der Waals surface area contributed by atoms with Gasteiger partial charge in [0.15, 0.2) is 5.65 Å². The quantitative estimate of drug-likeness (QED) is 0.889. The molecule has 108 valence electrons. The third-order valence-electron chi connectivity index (χ3n) is 2.79. The van der Waals surface area contributed by atoms with Gasteiger partial charge in [-0.05, 0) is 33.8 Å². The lowest BCUT2D eigenvalue weighted by Gasteiger charge is -2.24. The predicted molar refractivity (Wildman–Crippen MR) is 79.6 cm³/mol. The number of nitrogen functional groups attached to an aromatic ring is 1. The van der Waals surface area contributed by atoms with Gasteiger partial charge in [-0.3, -0.25) is 9.36 Å². The van der Waals surface area contributed by atoms with Gasteiger partial charge in [0.2, 0.25) is 11.9 Å². The molecular weight excluding hydrogens is 278 g/mol. The van der Waals surface area contributed by atoms with Crippen LogP contribution in [0.25, 0.3) is 11.2 Å². The molecule has 2 heterocycles. The molecule has 7 heteroatoms. The zero-order valence-corrected chi connectivity index (χ0v) is 12.7. The summed E-state index contributed by atoms with van der Waals surface area (Å²) in [6, 6.07) is 1.17. The monoisotopic (exact) mass is 295 g/mol. The summed E-state index contributed by atoms with van der Waals surface area (Å²) < 4.78 is 1.60. The Hall–Kier alpha value is -1.82. The molecule has 3 N–H and O–H groups in total. The van der Waals surface area contributed by atoms with Crippen LogP contribution < -0.4 is 11.1 Å². The van der Waals surface area contributed by atoms with Crippen molar-refractivity contribution in [2.24, 2.45) is 0 Å². The van der Waals surface area contributed by atoms with Crippen LogP contribution in [0.2, 0.25) is 5.02 Å². The second-order valence-electron chi connectivity index (χ2n) is 5.75. The van der Waals surface area contributed by atoms with E-state index in [2.05, 4.69) is 15.3 Å². The third kappa shape index (κ3) is 2.85. The molecule has 0 aliphatic carbocycles. The standard InChI is InChI=1S/C13H18ClN5O/c1-7(11(20)18-13(2,3)4)19-10-9(17-12(19)15)5-8(14)6-16-10/h5-7H,1-4H3,(H2,15,17)(H,18,20). The summed E-state index contributed by atoms with van der Waals surface area (Å²) in [5, 5.41) is 3.39. The number of aromatic nitrogens is 3. The van der Waals surface area contributed by atoms with Crippen LogP contribution in [-0.2, 0) is 4.79 Å². The maximum absolute atomic E-state index is 12.3. The van der Waals surface area contributed by atoms with Gasteiger partial charge in [0.25, 0.3) is 0 Å². The van der Waals surface area contributed by atoms with Crippen LogP contribution in [0.15, 0.2) is 12.3 Å². The smallest absolute Gasteiger partial charge is 0.243 e. The number of pyridine rings is 1. The van der Waals surface area contributed by atoms with E-state index in [1.54, 1.807) is 17.6 Å². The molecule has 0 aliphatic heterocycles. The Morgan fingerprint density at radius 2 is 2.15 bits per heavy atom. The van der Waals surface area contributed by atoms with Gasteiger partial charge in [0.05, 0.1) is 5.02 Å². The van der Waals surface area contributed by atoms with E-state index in [-0.39, 0.29) is 17.4 Å². The van der Waals surface area contributed by atoms with E-state index in [4.69, 9.17) is 17.3 Å². The summed E-state index contributed by atoms with van der Waals surface area (Å²) in [5.41, 5.74) is 6.70. The predicted octanol–water partition coefficient (Wildman–Crippen LogP) is 2.14. The highest BCUT2D eigenvalue weighted by atomic mass is 35.5. The highest BCUT2D eigenvalue weighted by Gasteiger charge is 2.24. The van der Waals surface area contributed by atoms with E-state index in [9.17, 15) is 4.79 Å². The second-order valence-corrected chi connectivity index (χ2v) is 6.19. The summed E-state index contributed by atoms with van der Waals surface area (Å²) in [6.07, 6.45) is 1.51. The van der Waals surface area contributed by atoms with E-state index in [1.165, 1.54) is 6.20 Å². The number of hydrogen-bond donors (Lipinski definition) is 2. The molecule has 1 amide bonds. The van der Waals surface area contributed by atoms with Crippen LogP contribution >= 0.6 is 11.6 Å². The average molecular weight is 296 g/mol. The van der Waals surface area contributed by atoms with Gasteiger partial charge in [-0.25, -0.2) is 9.97 Å². The average Bonchev–Trinajstić information content (AvgIpc) is 2.60. The first kappa shape index (κ1) is 14.6. The van der Waals surface area contributed by atoms with Crippen LogP contribution in [0.4, 0.5) is 5.95 Å². The zero-order chi connectivity index (χ0) is 15.1. The van der Waals surface area contributed by atoms with E-state index < -0.39 is 6.04 Å². The lowest BCUT2D eigenvalue weighted by Crippen LogP contribution is -2.43. The number of nitrogens with zero attached hydrogens (tertiary/aromatic N) is 3. The molecule has 0 spiro atoms. The molecule has 1 atom stereocenters. The molecule has 2 rings (SSSR count). The number of carbonyl (C=O) groups is 1. The molecule has 0 aliphatic rings. The van der Waals surface area contributed by atoms with Gasteiger partial charge in [0.1, 0.15) is 11.6 Å². The minimum absolute atomic E-state index is 0.139. The molecule has 2 aromatic heterocycles. The third-order valence-corrected chi connectivity index (χ3v) is 3.00. The normalized spacial score (nSPS) is 13.4. The van der Waals surface area contributed by atoms with Crippen LogP contribution in [0.1, 0.15) is 33.7 Å². The van der Waals surface area contributed by atoms with Gasteiger partial charge in [-0.2, -0.15) is 0 Å². The molecule has 2 aromatic rings. The molecule has 0 bridgehead atoms. The van der Waals surface area contributed by atoms with Crippen molar-refractivity contribution in [3.05, 3.63) is 17.3 Å². The van der Waals surface area contributed by atoms with Crippen molar-refractivity contribution in [1.82, 2.24) is 19.9 Å². The number of carbonyl (C=O) groups excluding carboxylic acids is 1. The van der Waals surface area contributed by atoms with Crippen molar-refractivity contribution < 1.29 is 4.79 Å². The van der Waals surface area contributed by atoms with Crippen LogP contribution in [-0.4, -0.2) is 26.0 Å². The summed E-state index contributed by atoms with van der Waals surface area (Å²) in [6.45, 7) is 7.52. The molecule has 0 radical (unpaired) electrons. The molecular formula is C13H18ClN5O. The Labute approximate surface area is 122 Å². The lowest BCUT2D eigenvalue weighted by atomic mass is 10.1. The highest BCUT2D eigenvalue weighted by Crippen LogP contribution is 2.23. The van der Waals surface area contributed by atoms with E-state index >= 15 is 0 Å². The van der Waals surface area contributed by atoms with Crippen molar-refractivity contribution in [2.45, 2.75) is 39.3 Å². The fraction of sp³-hybridized carbons (Fsp3) is 0.462. The van der Waals surface area contributed by atoms with Gasteiger partial charge in [-0.15, -0.1) is 0 Å². The fourth-order valence-corrected chi connectivity index (χ4v) is 2.10. The molecule has 0 saturated heterocycles. The minimum Gasteiger partial charge on any atom is -0.369 e. The number of nitrogens with one attached hydrogen (secondary N) is 1. The van der Waals surface area contributed by atoms with E-state index in [0.717, 1.165) is 0 Å². The Kier molecular flexibility index (Phi) is 3.60. The molecule has 0 fully saturated rings. The Bertz CT molecular complexity index is 659. The summed E-state index contributed by atoms with van der Waals surface area (Å²) in [7, 11) is 0. The van der Waals surface area contributed by atoms with Crippen molar-refractivity contribution in [1.29, 1.82) is 0 Å². The number of anilines is 1. The first-order valence-electron chi connectivity index (χ1n) is 6.30. The van der Waals surface area contributed by atoms with E-state index in [1.807, 2.05) is 20.8 Å². The Morgan fingerprint density at radius 1 is 1.50 bits per heavy atom. The van der Waals surface area contributed by atoms with Crippen molar-refractivity contribution >= 4 is 34.6 Å². The largest absolute Gasteiger partial charge is 0.369 e. The van der Waals surface area contributed by atoms with Gasteiger partial charge >= 0.3 is 0 Å². The van der Waals surface area contributed by atoms with Crippen LogP contribution in [0, 0.1) is 0 Å². The van der Waals surface area contributed by atoms with E-state index in [0.29, 0.717) is 16.2 Å². The Balaban J connectivity index is 2.42. The van der Waals surface area contributed by atoms with Crippen LogP contribution in [0.3, 0.4) is 0 Å². The van der Waals surface area contributed by atoms with Gasteiger partial charge in [-0.1, -0.05) is 11.6 Å². The summed E-state index contributed by atoms with van der Waals surface area (Å²) in [5.74, 6) is 0.103. The maximum Gasteiger partial charge on any atom is 0.243 e. The number of hydrogen-bond acceptors (Lipinski definition) is 4. The fourth-order valence-electron chi connectivity index (χ4n) is 1.95. The van der Waals surface area contributed by atoms with Crippen molar-refractivity contribution in [3.8, 4) is 0 Å². The topological polar surface area (TPSA) is 85.8 Å². The minimum atomic E-state index is -0.507. The Morgan fingerprint density at radius 3 is 2.75 bits per heavy atom. The van der Waals surface area contributed by atoms with Crippen LogP contribution in [0.5, 0.6) is 0 Å². The first-order valence-corrected chi connectivity index (χ1v) is 6.68.